The number of hydrogen-bond acceptors (Lipinski definition) is 6. The maximum absolute atomic E-state index is 14.2. The molecule has 0 fully saturated rings. The maximum Gasteiger partial charge on any atom is 0.460 e. The molecule has 6 nitrogen and oxygen atoms in total. The third-order valence-electron chi connectivity index (χ3n) is 7.65. The molecule has 2 rings (SSSR count). The molecule has 0 saturated carbocycles. The van der Waals surface area contributed by atoms with E-state index in [-0.39, 0.29) is 24.4 Å². The van der Waals surface area contributed by atoms with Gasteiger partial charge in [-0.3, -0.25) is 0 Å². The van der Waals surface area contributed by atoms with E-state index >= 15 is 0 Å². The molecule has 0 aliphatic rings. The van der Waals surface area contributed by atoms with Crippen molar-refractivity contribution in [2.75, 3.05) is 20.3 Å². The first-order chi connectivity index (χ1) is 26.8. The Morgan fingerprint density at radius 1 is 0.533 bits per heavy atom. The van der Waals surface area contributed by atoms with Gasteiger partial charge in [0.05, 0.1) is 6.61 Å². The molecule has 1 aromatic carbocycles. The van der Waals surface area contributed by atoms with Crippen molar-refractivity contribution >= 4 is 0 Å². The zero-order chi connectivity index (χ0) is 46.8. The van der Waals surface area contributed by atoms with E-state index < -0.39 is 84.7 Å². The van der Waals surface area contributed by atoms with Gasteiger partial charge in [-0.05, 0) is 49.1 Å². The SMILES string of the molecule is COC[C@@H](F)CCCCCc1cnc(-c2ccc(OCC(F)(F)C(F)(F)C(F)(F)OC(F)(F)C(F)(F)C(F)(F)C(F)(F)OC(F)(F)C(F)(F)C(F)(F)C(F)(F)F)cc2)nc1. The first kappa shape index (κ1) is 52.4. The van der Waals surface area contributed by atoms with Gasteiger partial charge in [-0.15, -0.1) is 0 Å². The van der Waals surface area contributed by atoms with Crippen molar-refractivity contribution in [3.63, 3.8) is 0 Å². The zero-order valence-electron chi connectivity index (χ0n) is 29.1. The van der Waals surface area contributed by atoms with E-state index in [0.29, 0.717) is 43.4 Å². The van der Waals surface area contributed by atoms with E-state index in [2.05, 4.69) is 19.4 Å². The number of hydrogen-bond donors (Lipinski definition) is 0. The molecule has 0 N–H and O–H groups in total. The number of unbranched alkanes of at least 4 members (excludes halogenated alkanes) is 2. The average Bonchev–Trinajstić information content (AvgIpc) is 3.09. The monoisotopic (exact) mass is 932 g/mol. The lowest BCUT2D eigenvalue weighted by molar-refractivity contribution is -0.543. The molecule has 60 heavy (non-hydrogen) atoms. The molecule has 0 unspecified atom stereocenters. The number of halogens is 24. The van der Waals surface area contributed by atoms with Gasteiger partial charge in [-0.25, -0.2) is 23.8 Å². The van der Waals surface area contributed by atoms with Crippen LogP contribution in [0.4, 0.5) is 105 Å². The van der Waals surface area contributed by atoms with E-state index in [1.807, 2.05) is 0 Å². The highest BCUT2D eigenvalue weighted by molar-refractivity contribution is 5.55. The van der Waals surface area contributed by atoms with E-state index in [9.17, 15) is 105 Å². The molecule has 1 aromatic heterocycles. The molecule has 30 heteroatoms. The van der Waals surface area contributed by atoms with Gasteiger partial charge < -0.3 is 9.47 Å². The number of methoxy groups -OCH3 is 1. The summed E-state index contributed by atoms with van der Waals surface area (Å²) in [5, 5.41) is 0. The van der Waals surface area contributed by atoms with E-state index in [1.165, 1.54) is 24.2 Å². The summed E-state index contributed by atoms with van der Waals surface area (Å²) in [6, 6.07) is 3.24. The van der Waals surface area contributed by atoms with Gasteiger partial charge in [0.2, 0.25) is 0 Å². The van der Waals surface area contributed by atoms with Crippen LogP contribution in [0.2, 0.25) is 0 Å². The fourth-order valence-electron chi connectivity index (χ4n) is 4.25. The zero-order valence-corrected chi connectivity index (χ0v) is 29.1. The van der Waals surface area contributed by atoms with Crippen LogP contribution in [0.5, 0.6) is 5.75 Å². The Morgan fingerprint density at radius 2 is 0.950 bits per heavy atom. The van der Waals surface area contributed by atoms with Crippen molar-refractivity contribution in [3.05, 3.63) is 42.2 Å². The highest BCUT2D eigenvalue weighted by Crippen LogP contribution is 2.60. The summed E-state index contributed by atoms with van der Waals surface area (Å²) in [5.74, 6) is -49.6. The highest BCUT2D eigenvalue weighted by atomic mass is 19.4. The normalized spacial score (nSPS) is 15.3. The van der Waals surface area contributed by atoms with Crippen LogP contribution in [0.3, 0.4) is 0 Å². The minimum atomic E-state index is -8.83. The molecular formula is C30H24F24N2O4. The number of nitrogens with zero attached hydrogens (tertiary/aromatic N) is 2. The molecular weight excluding hydrogens is 908 g/mol. The van der Waals surface area contributed by atoms with Gasteiger partial charge in [0.15, 0.2) is 12.4 Å². The molecule has 0 amide bonds. The minimum absolute atomic E-state index is 0.0546. The molecule has 2 aromatic rings. The molecule has 0 saturated heterocycles. The molecule has 346 valence electrons. The van der Waals surface area contributed by atoms with Crippen LogP contribution < -0.4 is 4.74 Å². The van der Waals surface area contributed by atoms with Crippen LogP contribution in [0.1, 0.15) is 31.2 Å². The van der Waals surface area contributed by atoms with Crippen molar-refractivity contribution in [1.82, 2.24) is 9.97 Å². The molecule has 0 aliphatic carbocycles. The Bertz CT molecular complexity index is 1690. The van der Waals surface area contributed by atoms with Crippen LogP contribution >= 0.6 is 0 Å². The first-order valence-corrected chi connectivity index (χ1v) is 15.7. The largest absolute Gasteiger partial charge is 0.487 e. The highest BCUT2D eigenvalue weighted by Gasteiger charge is 2.90. The molecule has 1 heterocycles. The van der Waals surface area contributed by atoms with Gasteiger partial charge in [0, 0.05) is 25.1 Å². The van der Waals surface area contributed by atoms with Gasteiger partial charge in [-0.1, -0.05) is 12.8 Å². The van der Waals surface area contributed by atoms with Crippen LogP contribution in [-0.4, -0.2) is 103 Å². The lowest BCUT2D eigenvalue weighted by atomic mass is 10.1. The summed E-state index contributed by atoms with van der Waals surface area (Å²) in [6.45, 7) is -3.10. The smallest absolute Gasteiger partial charge is 0.460 e. The third kappa shape index (κ3) is 10.5. The number of rotatable bonds is 23. The Balaban J connectivity index is 2.18. The van der Waals surface area contributed by atoms with Gasteiger partial charge in [0.1, 0.15) is 11.9 Å². The van der Waals surface area contributed by atoms with E-state index in [4.69, 9.17) is 0 Å². The number of ether oxygens (including phenoxy) is 4. The Labute approximate surface area is 319 Å². The maximum atomic E-state index is 14.2. The fourth-order valence-corrected chi connectivity index (χ4v) is 4.25. The minimum Gasteiger partial charge on any atom is -0.487 e. The number of aryl methyl sites for hydroxylation is 1. The molecule has 0 aliphatic heterocycles. The predicted octanol–water partition coefficient (Wildman–Crippen LogP) is 11.4. The Hall–Kier alpha value is -3.70. The second-order valence-corrected chi connectivity index (χ2v) is 12.2. The molecule has 0 spiro atoms. The van der Waals surface area contributed by atoms with Crippen LogP contribution in [0.25, 0.3) is 11.4 Å². The van der Waals surface area contributed by atoms with Crippen LogP contribution in [0, 0.1) is 0 Å². The number of alkyl halides is 24. The summed E-state index contributed by atoms with van der Waals surface area (Å²) < 4.78 is 335. The summed E-state index contributed by atoms with van der Waals surface area (Å²) in [6.07, 6.45) is -37.1. The number of aromatic nitrogens is 2. The average molecular weight is 932 g/mol. The summed E-state index contributed by atoms with van der Waals surface area (Å²) in [7, 11) is 1.34. The van der Waals surface area contributed by atoms with Gasteiger partial charge in [-0.2, -0.15) is 101 Å². The van der Waals surface area contributed by atoms with Crippen molar-refractivity contribution in [3.8, 4) is 17.1 Å². The van der Waals surface area contributed by atoms with Crippen LogP contribution in [0.15, 0.2) is 36.7 Å². The number of benzene rings is 1. The quantitative estimate of drug-likeness (QED) is 0.0817. The van der Waals surface area contributed by atoms with E-state index in [0.717, 1.165) is 16.9 Å². The van der Waals surface area contributed by atoms with Crippen LogP contribution in [-0.2, 0) is 20.6 Å². The fraction of sp³-hybridized carbons (Fsp3) is 0.667. The Kier molecular flexibility index (Phi) is 15.4. The van der Waals surface area contributed by atoms with Gasteiger partial charge >= 0.3 is 66.1 Å². The lowest BCUT2D eigenvalue weighted by Crippen LogP contribution is -2.69. The van der Waals surface area contributed by atoms with Gasteiger partial charge in [0.25, 0.3) is 0 Å². The summed E-state index contributed by atoms with van der Waals surface area (Å²) >= 11 is 0. The molecule has 0 radical (unpaired) electrons. The predicted molar refractivity (Wildman–Crippen MR) is 150 cm³/mol. The van der Waals surface area contributed by atoms with Crippen molar-refractivity contribution in [2.45, 2.75) is 104 Å². The lowest BCUT2D eigenvalue weighted by Gasteiger charge is -2.40. The molecule has 0 bridgehead atoms. The van der Waals surface area contributed by atoms with E-state index in [1.54, 1.807) is 0 Å². The van der Waals surface area contributed by atoms with Crippen molar-refractivity contribution < 1.29 is 124 Å². The first-order valence-electron chi connectivity index (χ1n) is 15.7. The van der Waals surface area contributed by atoms with Crippen molar-refractivity contribution in [2.24, 2.45) is 0 Å². The third-order valence-corrected chi connectivity index (χ3v) is 7.65. The topological polar surface area (TPSA) is 62.7 Å². The second kappa shape index (κ2) is 17.6. The standard InChI is InChI=1S/C30H24F24N2O4/c1-57-13-17(31)6-4-2-3-5-15-11-55-19(56-12-15)16-7-9-18(10-8-16)58-14-20(32,33)21(34,35)27(47,48)59-29(51,52)24(40,41)25(42,43)30(53,54)60-28(49,50)23(38,39)22(36,37)26(44,45)46/h7-12,17H,2-6,13-14H2,1H3/t17-/m0/s1. The summed E-state index contributed by atoms with van der Waals surface area (Å²) in [5.41, 5.74) is 0.675. The molecule has 1 atom stereocenters. The Morgan fingerprint density at radius 3 is 1.37 bits per heavy atom. The second-order valence-electron chi connectivity index (χ2n) is 12.2. The summed E-state index contributed by atoms with van der Waals surface area (Å²) in [4.78, 5) is 8.02. The van der Waals surface area contributed by atoms with Crippen molar-refractivity contribution in [1.29, 1.82) is 0 Å².